The van der Waals surface area contributed by atoms with Crippen LogP contribution in [0.2, 0.25) is 0 Å². The number of carbonyl (C=O) groups excluding carboxylic acids is 1. The van der Waals surface area contributed by atoms with E-state index in [2.05, 4.69) is 20.3 Å². The molecule has 0 bridgehead atoms. The number of aromatic nitrogens is 4. The zero-order chi connectivity index (χ0) is 37.5. The number of hydrogen-bond acceptors (Lipinski definition) is 11. The van der Waals surface area contributed by atoms with Gasteiger partial charge in [-0.3, -0.25) is 9.36 Å². The van der Waals surface area contributed by atoms with Gasteiger partial charge in [0.05, 0.1) is 40.4 Å². The summed E-state index contributed by atoms with van der Waals surface area (Å²) in [5.41, 5.74) is 2.57. The summed E-state index contributed by atoms with van der Waals surface area (Å²) in [5.74, 6) is 1.28. The van der Waals surface area contributed by atoms with Crippen molar-refractivity contribution in [3.8, 4) is 11.5 Å². The summed E-state index contributed by atoms with van der Waals surface area (Å²) in [6.45, 7) is 0.442. The van der Waals surface area contributed by atoms with Crippen LogP contribution < -0.4 is 14.8 Å². The molecule has 278 valence electrons. The minimum Gasteiger partial charge on any atom is -0.497 e. The van der Waals surface area contributed by atoms with E-state index >= 15 is 0 Å². The van der Waals surface area contributed by atoms with Crippen molar-refractivity contribution in [2.75, 3.05) is 46.5 Å². The lowest BCUT2D eigenvalue weighted by Crippen LogP contribution is -2.40. The molecular weight excluding hydrogens is 690 g/mol. The first-order valence-corrected chi connectivity index (χ1v) is 17.4. The summed E-state index contributed by atoms with van der Waals surface area (Å²) in [4.78, 5) is 26.3. The van der Waals surface area contributed by atoms with Gasteiger partial charge in [0, 0.05) is 12.7 Å². The summed E-state index contributed by atoms with van der Waals surface area (Å²) in [5, 5.41) is 14.7. The Morgan fingerprint density at radius 2 is 1.41 bits per heavy atom. The molecule has 13 heteroatoms. The maximum absolute atomic E-state index is 13.0. The SMILES string of the molecule is COCCO[C@H]1[C@H](O)[C@@H](COC(c2ccccc2)(c2ccc(OC)cc2)c2ccc(OC)cc2)O[C@@H]1n1cnc2c(NC(=O)c3ccccc3)ncnc21. The third-order valence-corrected chi connectivity index (χ3v) is 9.45. The molecule has 6 aromatic rings. The standard InChI is InChI=1S/C41H41N5O8/c1-49-22-23-52-36-35(47)33(54-40(36)46-26-44-34-37(42-25-43-38(34)46)45-39(48)27-10-6-4-7-11-27)24-53-41(28-12-8-5-9-13-28,29-14-18-31(50-2)19-15-29)30-16-20-32(51-3)21-17-30/h4-21,25-26,33,35-36,40,47H,22-24H2,1-3H3,(H,42,43,45,48)/t33-,35-,36+,40+/m1/s1. The van der Waals surface area contributed by atoms with Crippen LogP contribution in [0, 0.1) is 0 Å². The molecule has 2 N–H and O–H groups in total. The highest BCUT2D eigenvalue weighted by Gasteiger charge is 2.48. The predicted octanol–water partition coefficient (Wildman–Crippen LogP) is 5.39. The number of imidazole rings is 1. The zero-order valence-electron chi connectivity index (χ0n) is 30.1. The fraction of sp³-hybridized carbons (Fsp3) is 0.268. The van der Waals surface area contributed by atoms with Crippen molar-refractivity contribution < 1.29 is 38.3 Å². The van der Waals surface area contributed by atoms with E-state index in [1.54, 1.807) is 50.2 Å². The highest BCUT2D eigenvalue weighted by Crippen LogP contribution is 2.43. The second-order valence-corrected chi connectivity index (χ2v) is 12.6. The van der Waals surface area contributed by atoms with Gasteiger partial charge in [-0.1, -0.05) is 72.8 Å². The van der Waals surface area contributed by atoms with E-state index in [0.717, 1.165) is 16.7 Å². The van der Waals surface area contributed by atoms with Gasteiger partial charge < -0.3 is 38.8 Å². The lowest BCUT2D eigenvalue weighted by Gasteiger charge is -2.37. The highest BCUT2D eigenvalue weighted by atomic mass is 16.6. The number of aliphatic hydroxyl groups excluding tert-OH is 1. The van der Waals surface area contributed by atoms with Crippen LogP contribution in [0.4, 0.5) is 5.82 Å². The van der Waals surface area contributed by atoms with E-state index in [1.807, 2.05) is 84.9 Å². The Morgan fingerprint density at radius 1 is 0.796 bits per heavy atom. The number of nitrogens with zero attached hydrogens (tertiary/aromatic N) is 4. The molecule has 4 aromatic carbocycles. The summed E-state index contributed by atoms with van der Waals surface area (Å²) in [6.07, 6.45) is -0.866. The van der Waals surface area contributed by atoms with Crippen molar-refractivity contribution in [1.29, 1.82) is 0 Å². The minimum absolute atomic E-state index is 0.0469. The van der Waals surface area contributed by atoms with Crippen LogP contribution in [0.25, 0.3) is 11.2 Å². The van der Waals surface area contributed by atoms with Gasteiger partial charge in [0.25, 0.3) is 5.91 Å². The second kappa shape index (κ2) is 16.5. The highest BCUT2D eigenvalue weighted by molar-refractivity contribution is 6.06. The van der Waals surface area contributed by atoms with E-state index in [-0.39, 0.29) is 24.9 Å². The molecule has 0 unspecified atom stereocenters. The molecule has 0 spiro atoms. The summed E-state index contributed by atoms with van der Waals surface area (Å²) in [6, 6.07) is 34.1. The quantitative estimate of drug-likeness (QED) is 0.103. The summed E-state index contributed by atoms with van der Waals surface area (Å²) >= 11 is 0. The van der Waals surface area contributed by atoms with Crippen LogP contribution in [0.5, 0.6) is 11.5 Å². The van der Waals surface area contributed by atoms with Gasteiger partial charge in [0.2, 0.25) is 0 Å². The van der Waals surface area contributed by atoms with Crippen LogP contribution in [-0.4, -0.2) is 90.0 Å². The fourth-order valence-corrected chi connectivity index (χ4v) is 6.71. The zero-order valence-corrected chi connectivity index (χ0v) is 30.1. The first kappa shape index (κ1) is 36.6. The van der Waals surface area contributed by atoms with Gasteiger partial charge in [0.15, 0.2) is 23.2 Å². The molecule has 0 radical (unpaired) electrons. The molecule has 1 aliphatic rings. The number of rotatable bonds is 15. The van der Waals surface area contributed by atoms with Crippen molar-refractivity contribution in [1.82, 2.24) is 19.5 Å². The number of anilines is 1. The van der Waals surface area contributed by atoms with Crippen LogP contribution in [-0.2, 0) is 24.5 Å². The van der Waals surface area contributed by atoms with E-state index in [4.69, 9.17) is 28.4 Å². The largest absolute Gasteiger partial charge is 0.497 e. The van der Waals surface area contributed by atoms with E-state index in [1.165, 1.54) is 12.7 Å². The molecule has 1 saturated heterocycles. The molecule has 3 heterocycles. The predicted molar refractivity (Wildman–Crippen MR) is 200 cm³/mol. The number of ether oxygens (including phenoxy) is 6. The third kappa shape index (κ3) is 7.27. The Balaban J connectivity index is 1.24. The number of hydrogen-bond donors (Lipinski definition) is 2. The molecule has 0 aliphatic carbocycles. The van der Waals surface area contributed by atoms with Gasteiger partial charge >= 0.3 is 0 Å². The number of carbonyl (C=O) groups is 1. The van der Waals surface area contributed by atoms with Gasteiger partial charge in [0.1, 0.15) is 41.7 Å². The van der Waals surface area contributed by atoms with Crippen molar-refractivity contribution in [3.63, 3.8) is 0 Å². The lowest BCUT2D eigenvalue weighted by atomic mass is 9.80. The molecule has 54 heavy (non-hydrogen) atoms. The van der Waals surface area contributed by atoms with E-state index in [0.29, 0.717) is 34.8 Å². The molecule has 1 aliphatic heterocycles. The average molecular weight is 732 g/mol. The van der Waals surface area contributed by atoms with E-state index in [9.17, 15) is 9.90 Å². The molecule has 4 atom stereocenters. The molecular formula is C41H41N5O8. The molecule has 2 aromatic heterocycles. The fourth-order valence-electron chi connectivity index (χ4n) is 6.71. The Morgan fingerprint density at radius 3 is 2.02 bits per heavy atom. The third-order valence-electron chi connectivity index (χ3n) is 9.45. The maximum atomic E-state index is 13.0. The van der Waals surface area contributed by atoms with E-state index < -0.39 is 30.1 Å². The molecule has 0 saturated carbocycles. The van der Waals surface area contributed by atoms with Crippen molar-refractivity contribution in [3.05, 3.63) is 144 Å². The average Bonchev–Trinajstić information content (AvgIpc) is 3.80. The first-order valence-electron chi connectivity index (χ1n) is 17.4. The molecule has 1 fully saturated rings. The Hall–Kier alpha value is -5.70. The maximum Gasteiger partial charge on any atom is 0.256 e. The van der Waals surface area contributed by atoms with Gasteiger partial charge in [-0.15, -0.1) is 0 Å². The minimum atomic E-state index is -1.14. The number of benzene rings is 4. The molecule has 7 rings (SSSR count). The monoisotopic (exact) mass is 731 g/mol. The van der Waals surface area contributed by atoms with Crippen molar-refractivity contribution >= 4 is 22.9 Å². The van der Waals surface area contributed by atoms with Crippen molar-refractivity contribution in [2.45, 2.75) is 30.1 Å². The number of fused-ring (bicyclic) bond motifs is 1. The summed E-state index contributed by atoms with van der Waals surface area (Å²) < 4.78 is 37.8. The number of aliphatic hydroxyl groups is 1. The second-order valence-electron chi connectivity index (χ2n) is 12.6. The lowest BCUT2D eigenvalue weighted by molar-refractivity contribution is -0.0970. The van der Waals surface area contributed by atoms with Crippen LogP contribution >= 0.6 is 0 Å². The topological polar surface area (TPSA) is 148 Å². The van der Waals surface area contributed by atoms with Gasteiger partial charge in [-0.25, -0.2) is 15.0 Å². The van der Waals surface area contributed by atoms with Gasteiger partial charge in [-0.05, 0) is 53.1 Å². The van der Waals surface area contributed by atoms with Crippen LogP contribution in [0.15, 0.2) is 122 Å². The number of amides is 1. The molecule has 1 amide bonds. The Kier molecular flexibility index (Phi) is 11.2. The van der Waals surface area contributed by atoms with Crippen molar-refractivity contribution in [2.24, 2.45) is 0 Å². The van der Waals surface area contributed by atoms with Crippen LogP contribution in [0.1, 0.15) is 33.3 Å². The Bertz CT molecular complexity index is 2080. The molecule has 13 nitrogen and oxygen atoms in total. The van der Waals surface area contributed by atoms with Crippen LogP contribution in [0.3, 0.4) is 0 Å². The number of methoxy groups -OCH3 is 3. The first-order chi connectivity index (χ1) is 26.5. The normalized spacial score (nSPS) is 18.4. The Labute approximate surface area is 312 Å². The summed E-state index contributed by atoms with van der Waals surface area (Å²) in [7, 11) is 4.82. The smallest absolute Gasteiger partial charge is 0.256 e. The number of nitrogens with one attached hydrogen (secondary N) is 1. The van der Waals surface area contributed by atoms with Gasteiger partial charge in [-0.2, -0.15) is 0 Å².